The SMILES string of the molecule is c1cc(N2c3ccccc3Cc3ccccc32)nc(P(c2cccc(N3c4ccccc4Oc4ccccc43)n2)c2cccc(N3c4ccccc4Oc4ccccc43)n2)c1. The van der Waals surface area contributed by atoms with E-state index in [1.807, 2.05) is 72.8 Å². The van der Waals surface area contributed by atoms with Crippen molar-refractivity contribution in [3.05, 3.63) is 211 Å². The molecule has 0 fully saturated rings. The molecule has 0 unspecified atom stereocenters. The molecule has 0 saturated heterocycles. The summed E-state index contributed by atoms with van der Waals surface area (Å²) in [6.07, 6.45) is 0.865. The average Bonchev–Trinajstić information content (AvgIpc) is 3.32. The molecular formula is C52H35N6O2P. The van der Waals surface area contributed by atoms with Crippen molar-refractivity contribution in [1.82, 2.24) is 15.0 Å². The van der Waals surface area contributed by atoms with Gasteiger partial charge in [-0.25, -0.2) is 15.0 Å². The Morgan fingerprint density at radius 2 is 0.607 bits per heavy atom. The van der Waals surface area contributed by atoms with Crippen LogP contribution in [0.5, 0.6) is 23.0 Å². The fraction of sp³-hybridized carbons (Fsp3) is 0.0192. The first-order valence-electron chi connectivity index (χ1n) is 20.2. The maximum absolute atomic E-state index is 6.38. The summed E-state index contributed by atoms with van der Waals surface area (Å²) in [5, 5.41) is 0. The van der Waals surface area contributed by atoms with Crippen LogP contribution in [0.2, 0.25) is 0 Å². The Kier molecular flexibility index (Phi) is 8.35. The minimum atomic E-state index is -1.44. The van der Waals surface area contributed by atoms with Crippen LogP contribution in [-0.4, -0.2) is 15.0 Å². The summed E-state index contributed by atoms with van der Waals surface area (Å²) in [6.45, 7) is 0. The van der Waals surface area contributed by atoms with Crippen LogP contribution in [0, 0.1) is 0 Å². The molecule has 6 heterocycles. The predicted octanol–water partition coefficient (Wildman–Crippen LogP) is 12.2. The normalized spacial score (nSPS) is 13.2. The molecule has 290 valence electrons. The summed E-state index contributed by atoms with van der Waals surface area (Å²) < 4.78 is 12.8. The Hall–Kier alpha value is -7.80. The number of fused-ring (bicyclic) bond motifs is 6. The first-order valence-corrected chi connectivity index (χ1v) is 21.6. The van der Waals surface area contributed by atoms with Crippen molar-refractivity contribution in [3.8, 4) is 23.0 Å². The van der Waals surface area contributed by atoms with Gasteiger partial charge in [-0.3, -0.25) is 14.7 Å². The maximum atomic E-state index is 6.38. The third-order valence-corrected chi connectivity index (χ3v) is 13.4. The van der Waals surface area contributed by atoms with E-state index in [1.165, 1.54) is 11.1 Å². The molecule has 0 atom stereocenters. The van der Waals surface area contributed by atoms with Gasteiger partial charge in [-0.2, -0.15) is 0 Å². The second kappa shape index (κ2) is 14.5. The van der Waals surface area contributed by atoms with Gasteiger partial charge in [0.25, 0.3) is 0 Å². The molecule has 0 radical (unpaired) electrons. The number of pyridine rings is 3. The highest BCUT2D eigenvalue weighted by molar-refractivity contribution is 7.79. The molecule has 0 amide bonds. The molecule has 0 bridgehead atoms. The lowest BCUT2D eigenvalue weighted by Gasteiger charge is -2.33. The first-order chi connectivity index (χ1) is 30.2. The van der Waals surface area contributed by atoms with Crippen molar-refractivity contribution in [2.45, 2.75) is 6.42 Å². The Balaban J connectivity index is 1.05. The number of nitrogens with zero attached hydrogens (tertiary/aromatic N) is 6. The molecule has 8 nitrogen and oxygen atoms in total. The second-order valence-electron chi connectivity index (χ2n) is 14.9. The molecule has 0 spiro atoms. The fourth-order valence-corrected chi connectivity index (χ4v) is 10.6. The molecule has 3 aliphatic rings. The van der Waals surface area contributed by atoms with E-state index in [4.69, 9.17) is 24.4 Å². The number of hydrogen-bond acceptors (Lipinski definition) is 8. The minimum absolute atomic E-state index is 0.771. The summed E-state index contributed by atoms with van der Waals surface area (Å²) in [4.78, 5) is 23.3. The fourth-order valence-electron chi connectivity index (χ4n) is 8.58. The Labute approximate surface area is 354 Å². The number of benzene rings is 6. The predicted molar refractivity (Wildman–Crippen MR) is 246 cm³/mol. The van der Waals surface area contributed by atoms with Crippen LogP contribution in [0.15, 0.2) is 200 Å². The Bertz CT molecular complexity index is 2690. The summed E-state index contributed by atoms with van der Waals surface area (Å²) in [5.74, 6) is 5.47. The van der Waals surface area contributed by atoms with Gasteiger partial charge in [-0.05, 0) is 108 Å². The lowest BCUT2D eigenvalue weighted by Crippen LogP contribution is -2.30. The van der Waals surface area contributed by atoms with Crippen LogP contribution in [0.25, 0.3) is 0 Å². The van der Waals surface area contributed by atoms with E-state index in [9.17, 15) is 0 Å². The summed E-state index contributed by atoms with van der Waals surface area (Å²) >= 11 is 0. The van der Waals surface area contributed by atoms with Crippen LogP contribution >= 0.6 is 7.92 Å². The molecule has 3 aliphatic heterocycles. The summed E-state index contributed by atoms with van der Waals surface area (Å²) in [7, 11) is -1.44. The monoisotopic (exact) mass is 806 g/mol. The van der Waals surface area contributed by atoms with E-state index in [0.29, 0.717) is 0 Å². The number of hydrogen-bond donors (Lipinski definition) is 0. The van der Waals surface area contributed by atoms with Crippen molar-refractivity contribution in [1.29, 1.82) is 0 Å². The van der Waals surface area contributed by atoms with Gasteiger partial charge in [-0.15, -0.1) is 0 Å². The molecule has 0 aliphatic carbocycles. The second-order valence-corrected chi connectivity index (χ2v) is 17.0. The Morgan fingerprint density at radius 3 is 0.967 bits per heavy atom. The molecule has 0 saturated carbocycles. The molecule has 61 heavy (non-hydrogen) atoms. The van der Waals surface area contributed by atoms with Crippen molar-refractivity contribution in [2.24, 2.45) is 0 Å². The van der Waals surface area contributed by atoms with Crippen LogP contribution in [0.1, 0.15) is 11.1 Å². The van der Waals surface area contributed by atoms with E-state index in [1.54, 1.807) is 0 Å². The third kappa shape index (κ3) is 5.99. The number of ether oxygens (including phenoxy) is 2. The van der Waals surface area contributed by atoms with Gasteiger partial charge >= 0.3 is 0 Å². The van der Waals surface area contributed by atoms with Gasteiger partial charge in [0.1, 0.15) is 17.5 Å². The molecule has 9 heteroatoms. The standard InChI is InChI=1S/C52H35N6O2P/c1-3-18-37-35(16-1)34-36-17-2-4-19-38(36)56(37)47-28-13-31-50(53-47)61(51-32-14-29-48(54-51)57-39-20-5-9-24-43(39)59-44-25-10-6-21-40(44)57)52-33-15-30-49(55-52)58-41-22-7-11-26-45(41)60-46-27-12-8-23-42(46)58/h1-33H,34H2. The first kappa shape index (κ1) is 35.2. The maximum Gasteiger partial charge on any atom is 0.151 e. The quantitative estimate of drug-likeness (QED) is 0.154. The lowest BCUT2D eigenvalue weighted by molar-refractivity contribution is 0.476. The molecule has 9 aromatic rings. The van der Waals surface area contributed by atoms with Gasteiger partial charge in [0.2, 0.25) is 0 Å². The van der Waals surface area contributed by atoms with Crippen LogP contribution < -0.4 is 40.5 Å². The highest BCUT2D eigenvalue weighted by atomic mass is 31.1. The van der Waals surface area contributed by atoms with Crippen molar-refractivity contribution >= 4 is 75.8 Å². The summed E-state index contributed by atoms with van der Waals surface area (Å²) in [5.41, 5.74) is 11.1. The van der Waals surface area contributed by atoms with Crippen LogP contribution in [0.4, 0.5) is 51.6 Å². The molecular weight excluding hydrogens is 772 g/mol. The zero-order valence-electron chi connectivity index (χ0n) is 32.7. The minimum Gasteiger partial charge on any atom is -0.453 e. The van der Waals surface area contributed by atoms with Crippen LogP contribution in [0.3, 0.4) is 0 Å². The average molecular weight is 807 g/mol. The van der Waals surface area contributed by atoms with E-state index in [-0.39, 0.29) is 0 Å². The van der Waals surface area contributed by atoms with Crippen molar-refractivity contribution in [3.63, 3.8) is 0 Å². The van der Waals surface area contributed by atoms with Gasteiger partial charge < -0.3 is 9.47 Å². The zero-order chi connectivity index (χ0) is 40.3. The molecule has 0 N–H and O–H groups in total. The summed E-state index contributed by atoms with van der Waals surface area (Å²) in [6, 6.07) is 68.5. The smallest absolute Gasteiger partial charge is 0.151 e. The molecule has 12 rings (SSSR count). The number of anilines is 9. The zero-order valence-corrected chi connectivity index (χ0v) is 33.6. The van der Waals surface area contributed by atoms with Gasteiger partial charge in [-0.1, -0.05) is 103 Å². The van der Waals surface area contributed by atoms with Gasteiger partial charge in [0.15, 0.2) is 23.0 Å². The highest BCUT2D eigenvalue weighted by Crippen LogP contribution is 2.52. The number of aromatic nitrogens is 3. The van der Waals surface area contributed by atoms with Gasteiger partial charge in [0, 0.05) is 14.3 Å². The van der Waals surface area contributed by atoms with E-state index >= 15 is 0 Å². The third-order valence-electron chi connectivity index (χ3n) is 11.2. The van der Waals surface area contributed by atoms with Crippen LogP contribution in [-0.2, 0) is 6.42 Å². The van der Waals surface area contributed by atoms with Crippen molar-refractivity contribution in [2.75, 3.05) is 14.7 Å². The van der Waals surface area contributed by atoms with E-state index in [2.05, 4.69) is 142 Å². The molecule has 6 aromatic carbocycles. The van der Waals surface area contributed by atoms with E-state index < -0.39 is 7.92 Å². The number of para-hydroxylation sites is 10. The van der Waals surface area contributed by atoms with E-state index in [0.717, 1.165) is 97.3 Å². The van der Waals surface area contributed by atoms with Crippen molar-refractivity contribution < 1.29 is 9.47 Å². The topological polar surface area (TPSA) is 66.9 Å². The largest absolute Gasteiger partial charge is 0.453 e. The molecule has 3 aromatic heterocycles. The highest BCUT2D eigenvalue weighted by Gasteiger charge is 2.32. The lowest BCUT2D eigenvalue weighted by atomic mass is 9.95. The van der Waals surface area contributed by atoms with Gasteiger partial charge in [0.05, 0.1) is 50.4 Å². The Morgan fingerprint density at radius 1 is 0.311 bits per heavy atom. The number of rotatable bonds is 6.